The van der Waals surface area contributed by atoms with Crippen molar-refractivity contribution in [3.05, 3.63) is 41.7 Å². The minimum absolute atomic E-state index is 0.0226. The van der Waals surface area contributed by atoms with Gasteiger partial charge in [-0.1, -0.05) is 26.0 Å². The number of aliphatic hydroxyl groups is 1. The maximum absolute atomic E-state index is 12.0. The van der Waals surface area contributed by atoms with E-state index in [1.165, 1.54) is 10.9 Å². The summed E-state index contributed by atoms with van der Waals surface area (Å²) in [4.78, 5) is 12.0. The molecule has 1 aromatic heterocycles. The second-order valence-electron chi connectivity index (χ2n) is 5.95. The number of aliphatic hydroxyl groups excluding tert-OH is 1. The number of rotatable bonds is 6. The molecule has 1 unspecified atom stereocenters. The van der Waals surface area contributed by atoms with E-state index in [4.69, 9.17) is 0 Å². The van der Waals surface area contributed by atoms with E-state index >= 15 is 0 Å². The summed E-state index contributed by atoms with van der Waals surface area (Å²) in [6.07, 6.45) is 1.38. The van der Waals surface area contributed by atoms with Gasteiger partial charge in [0.25, 0.3) is 5.91 Å². The van der Waals surface area contributed by atoms with Gasteiger partial charge in [0.15, 0.2) is 11.4 Å². The van der Waals surface area contributed by atoms with Crippen LogP contribution in [0.15, 0.2) is 30.5 Å². The third-order valence-electron chi connectivity index (χ3n) is 3.56. The van der Waals surface area contributed by atoms with Crippen LogP contribution in [0.1, 0.15) is 49.2 Å². The van der Waals surface area contributed by atoms with Crippen LogP contribution in [0.2, 0.25) is 0 Å². The minimum atomic E-state index is -0.486. The van der Waals surface area contributed by atoms with Crippen molar-refractivity contribution >= 4 is 5.91 Å². The van der Waals surface area contributed by atoms with E-state index < -0.39 is 12.0 Å². The number of carbonyl (C=O) groups is 1. The van der Waals surface area contributed by atoms with Crippen LogP contribution in [0.5, 0.6) is 5.75 Å². The van der Waals surface area contributed by atoms with Gasteiger partial charge in [0.1, 0.15) is 0 Å². The Hall–Kier alpha value is -2.34. The summed E-state index contributed by atoms with van der Waals surface area (Å²) < 4.78 is 1.49. The lowest BCUT2D eigenvalue weighted by Crippen LogP contribution is -2.27. The molecule has 0 fully saturated rings. The molecule has 1 amide bonds. The highest BCUT2D eigenvalue weighted by molar-refractivity contribution is 5.94. The first kappa shape index (κ1) is 17.0. The Labute approximate surface area is 135 Å². The molecular formula is C17H23N3O3. The second-order valence-corrected chi connectivity index (χ2v) is 5.95. The number of nitrogens with one attached hydrogen (secondary N) is 1. The van der Waals surface area contributed by atoms with Crippen molar-refractivity contribution in [1.29, 1.82) is 0 Å². The normalized spacial score (nSPS) is 12.4. The molecule has 1 heterocycles. The van der Waals surface area contributed by atoms with Gasteiger partial charge in [-0.2, -0.15) is 5.10 Å². The Morgan fingerprint density at radius 1 is 1.35 bits per heavy atom. The zero-order valence-corrected chi connectivity index (χ0v) is 13.7. The maximum atomic E-state index is 12.0. The van der Waals surface area contributed by atoms with E-state index in [1.807, 2.05) is 24.3 Å². The molecule has 6 nitrogen and oxygen atoms in total. The lowest BCUT2D eigenvalue weighted by atomic mass is 10.0. The first-order chi connectivity index (χ1) is 10.9. The number of carbonyl (C=O) groups excluding carboxylic acids is 1. The number of hydrogen-bond donors (Lipinski definition) is 3. The fourth-order valence-corrected chi connectivity index (χ4v) is 2.16. The summed E-state index contributed by atoms with van der Waals surface area (Å²) in [5.41, 5.74) is 1.92. The Kier molecular flexibility index (Phi) is 5.39. The molecule has 3 N–H and O–H groups in total. The first-order valence-corrected chi connectivity index (χ1v) is 7.73. The zero-order chi connectivity index (χ0) is 17.0. The van der Waals surface area contributed by atoms with Gasteiger partial charge in [-0.05, 0) is 37.0 Å². The van der Waals surface area contributed by atoms with Gasteiger partial charge >= 0.3 is 0 Å². The SMILES string of the molecule is CC(O)CCNC(=O)c1nn(-c2cccc(C(C)C)c2)cc1O. The van der Waals surface area contributed by atoms with Gasteiger partial charge in [-0.3, -0.25) is 4.79 Å². The Balaban J connectivity index is 2.17. The van der Waals surface area contributed by atoms with Crippen LogP contribution >= 0.6 is 0 Å². The molecule has 1 atom stereocenters. The van der Waals surface area contributed by atoms with Crippen molar-refractivity contribution < 1.29 is 15.0 Å². The summed E-state index contributed by atoms with van der Waals surface area (Å²) in [7, 11) is 0. The van der Waals surface area contributed by atoms with Crippen LogP contribution in [0.25, 0.3) is 5.69 Å². The number of benzene rings is 1. The highest BCUT2D eigenvalue weighted by Gasteiger charge is 2.17. The van der Waals surface area contributed by atoms with Crippen LogP contribution < -0.4 is 5.32 Å². The number of aromatic nitrogens is 2. The van der Waals surface area contributed by atoms with Gasteiger partial charge < -0.3 is 15.5 Å². The molecule has 23 heavy (non-hydrogen) atoms. The fraction of sp³-hybridized carbons (Fsp3) is 0.412. The molecule has 2 rings (SSSR count). The minimum Gasteiger partial charge on any atom is -0.504 e. The molecule has 0 saturated heterocycles. The van der Waals surface area contributed by atoms with Gasteiger partial charge in [0.05, 0.1) is 18.0 Å². The van der Waals surface area contributed by atoms with Crippen molar-refractivity contribution in [2.24, 2.45) is 0 Å². The molecule has 0 saturated carbocycles. The van der Waals surface area contributed by atoms with Gasteiger partial charge in [-0.25, -0.2) is 4.68 Å². The lowest BCUT2D eigenvalue weighted by molar-refractivity contribution is 0.0937. The predicted molar refractivity (Wildman–Crippen MR) is 87.9 cm³/mol. The van der Waals surface area contributed by atoms with Gasteiger partial charge in [0.2, 0.25) is 0 Å². The van der Waals surface area contributed by atoms with E-state index in [1.54, 1.807) is 6.92 Å². The molecule has 0 aliphatic carbocycles. The van der Waals surface area contributed by atoms with Crippen molar-refractivity contribution in [3.63, 3.8) is 0 Å². The number of nitrogens with zero attached hydrogens (tertiary/aromatic N) is 2. The zero-order valence-electron chi connectivity index (χ0n) is 13.7. The third-order valence-corrected chi connectivity index (χ3v) is 3.56. The van der Waals surface area contributed by atoms with Crippen molar-refractivity contribution in [2.45, 2.75) is 39.2 Å². The average Bonchev–Trinajstić information content (AvgIpc) is 2.89. The Bertz CT molecular complexity index is 677. The molecule has 124 valence electrons. The quantitative estimate of drug-likeness (QED) is 0.762. The maximum Gasteiger partial charge on any atom is 0.275 e. The Morgan fingerprint density at radius 2 is 2.09 bits per heavy atom. The second kappa shape index (κ2) is 7.28. The highest BCUT2D eigenvalue weighted by Crippen LogP contribution is 2.21. The van der Waals surface area contributed by atoms with E-state index in [2.05, 4.69) is 24.3 Å². The van der Waals surface area contributed by atoms with E-state index in [0.717, 1.165) is 11.3 Å². The summed E-state index contributed by atoms with van der Waals surface area (Å²) in [5, 5.41) is 26.0. The number of amides is 1. The van der Waals surface area contributed by atoms with E-state index in [-0.39, 0.29) is 11.4 Å². The average molecular weight is 317 g/mol. The molecule has 0 spiro atoms. The monoisotopic (exact) mass is 317 g/mol. The van der Waals surface area contributed by atoms with Crippen molar-refractivity contribution in [3.8, 4) is 11.4 Å². The van der Waals surface area contributed by atoms with Crippen LogP contribution in [-0.2, 0) is 0 Å². The van der Waals surface area contributed by atoms with Crippen LogP contribution in [0.4, 0.5) is 0 Å². The van der Waals surface area contributed by atoms with Gasteiger partial charge in [0, 0.05) is 6.54 Å². The van der Waals surface area contributed by atoms with Crippen LogP contribution in [0, 0.1) is 0 Å². The fourth-order valence-electron chi connectivity index (χ4n) is 2.16. The molecule has 1 aromatic carbocycles. The van der Waals surface area contributed by atoms with E-state index in [9.17, 15) is 15.0 Å². The lowest BCUT2D eigenvalue weighted by Gasteiger charge is -2.08. The number of aromatic hydroxyl groups is 1. The summed E-state index contributed by atoms with van der Waals surface area (Å²) in [6.45, 7) is 6.17. The van der Waals surface area contributed by atoms with Crippen LogP contribution in [0.3, 0.4) is 0 Å². The van der Waals surface area contributed by atoms with Crippen LogP contribution in [-0.4, -0.2) is 38.5 Å². The largest absolute Gasteiger partial charge is 0.504 e. The predicted octanol–water partition coefficient (Wildman–Crippen LogP) is 2.20. The highest BCUT2D eigenvalue weighted by atomic mass is 16.3. The molecular weight excluding hydrogens is 294 g/mol. The van der Waals surface area contributed by atoms with E-state index in [0.29, 0.717) is 18.9 Å². The topological polar surface area (TPSA) is 87.4 Å². The summed E-state index contributed by atoms with van der Waals surface area (Å²) >= 11 is 0. The molecule has 0 radical (unpaired) electrons. The third kappa shape index (κ3) is 4.32. The molecule has 2 aromatic rings. The van der Waals surface area contributed by atoms with Gasteiger partial charge in [-0.15, -0.1) is 0 Å². The smallest absolute Gasteiger partial charge is 0.275 e. The number of hydrogen-bond acceptors (Lipinski definition) is 4. The summed E-state index contributed by atoms with van der Waals surface area (Å²) in [5.74, 6) is -0.251. The Morgan fingerprint density at radius 3 is 2.74 bits per heavy atom. The molecule has 0 aliphatic rings. The van der Waals surface area contributed by atoms with Crippen molar-refractivity contribution in [1.82, 2.24) is 15.1 Å². The molecule has 0 bridgehead atoms. The standard InChI is InChI=1S/C17H23N3O3/c1-11(2)13-5-4-6-14(9-13)20-10-15(22)16(19-20)17(23)18-8-7-12(3)21/h4-6,9-12,21-22H,7-8H2,1-3H3,(H,18,23). The summed E-state index contributed by atoms with van der Waals surface area (Å²) in [6, 6.07) is 7.80. The molecule has 0 aliphatic heterocycles. The molecule has 6 heteroatoms. The van der Waals surface area contributed by atoms with Crippen molar-refractivity contribution in [2.75, 3.05) is 6.54 Å². The first-order valence-electron chi connectivity index (χ1n) is 7.73.